The first kappa shape index (κ1) is 11.9. The molecule has 0 radical (unpaired) electrons. The third kappa shape index (κ3) is 6.08. The zero-order valence-corrected chi connectivity index (χ0v) is 8.55. The van der Waals surface area contributed by atoms with Crippen molar-refractivity contribution in [2.45, 2.75) is 34.1 Å². The van der Waals surface area contributed by atoms with E-state index in [0.29, 0.717) is 5.57 Å². The van der Waals surface area contributed by atoms with Gasteiger partial charge in [0.25, 0.3) is 0 Å². The first-order chi connectivity index (χ1) is 5.72. The number of rotatable bonds is 3. The highest BCUT2D eigenvalue weighted by Crippen LogP contribution is 2.18. The second-order valence-electron chi connectivity index (χ2n) is 4.19. The van der Waals surface area contributed by atoms with Gasteiger partial charge in [0.15, 0.2) is 5.78 Å². The molecular formula is C10H16O3. The highest BCUT2D eigenvalue weighted by Gasteiger charge is 2.13. The van der Waals surface area contributed by atoms with Gasteiger partial charge < -0.3 is 5.11 Å². The summed E-state index contributed by atoms with van der Waals surface area (Å²) in [5, 5.41) is 8.38. The summed E-state index contributed by atoms with van der Waals surface area (Å²) < 4.78 is 0. The summed E-state index contributed by atoms with van der Waals surface area (Å²) in [6.07, 6.45) is 1.37. The molecule has 3 heteroatoms. The van der Waals surface area contributed by atoms with Crippen LogP contribution in [0.1, 0.15) is 34.1 Å². The minimum atomic E-state index is -1.08. The molecule has 3 nitrogen and oxygen atoms in total. The molecular weight excluding hydrogens is 168 g/mol. The molecule has 0 aromatic rings. The molecule has 1 N–H and O–H groups in total. The Balaban J connectivity index is 4.43. The van der Waals surface area contributed by atoms with Crippen molar-refractivity contribution in [3.63, 3.8) is 0 Å². The van der Waals surface area contributed by atoms with Crippen molar-refractivity contribution in [2.24, 2.45) is 5.41 Å². The summed E-state index contributed by atoms with van der Waals surface area (Å²) in [7, 11) is 0. The van der Waals surface area contributed by atoms with E-state index in [0.717, 1.165) is 0 Å². The second kappa shape index (κ2) is 4.21. The van der Waals surface area contributed by atoms with Crippen molar-refractivity contribution in [3.05, 3.63) is 11.6 Å². The van der Waals surface area contributed by atoms with E-state index in [1.165, 1.54) is 0 Å². The maximum atomic E-state index is 11.2. The topological polar surface area (TPSA) is 54.4 Å². The minimum Gasteiger partial charge on any atom is -0.481 e. The summed E-state index contributed by atoms with van der Waals surface area (Å²) in [6, 6.07) is 0. The van der Waals surface area contributed by atoms with Gasteiger partial charge in [-0.3, -0.25) is 9.59 Å². The summed E-state index contributed by atoms with van der Waals surface area (Å²) in [6.45, 7) is 7.54. The van der Waals surface area contributed by atoms with Gasteiger partial charge >= 0.3 is 5.97 Å². The van der Waals surface area contributed by atoms with Gasteiger partial charge in [0.2, 0.25) is 0 Å². The Bertz CT molecular complexity index is 243. The van der Waals surface area contributed by atoms with E-state index in [-0.39, 0.29) is 11.2 Å². The van der Waals surface area contributed by atoms with Gasteiger partial charge in [0, 0.05) is 0 Å². The summed E-state index contributed by atoms with van der Waals surface area (Å²) in [4.78, 5) is 21.4. The first-order valence-electron chi connectivity index (χ1n) is 4.17. The van der Waals surface area contributed by atoms with Crippen molar-refractivity contribution in [1.82, 2.24) is 0 Å². The quantitative estimate of drug-likeness (QED) is 0.539. The number of hydrogen-bond acceptors (Lipinski definition) is 2. The van der Waals surface area contributed by atoms with E-state index >= 15 is 0 Å². The van der Waals surface area contributed by atoms with Crippen LogP contribution < -0.4 is 0 Å². The molecule has 0 spiro atoms. The van der Waals surface area contributed by atoms with Crippen LogP contribution in [0.4, 0.5) is 0 Å². The third-order valence-corrected chi connectivity index (χ3v) is 1.40. The van der Waals surface area contributed by atoms with Gasteiger partial charge in [-0.15, -0.1) is 0 Å². The Hall–Kier alpha value is -1.12. The first-order valence-corrected chi connectivity index (χ1v) is 4.17. The molecule has 74 valence electrons. The maximum Gasteiger partial charge on any atom is 0.311 e. The zero-order chi connectivity index (χ0) is 10.6. The molecule has 0 atom stereocenters. The van der Waals surface area contributed by atoms with Crippen LogP contribution in [-0.2, 0) is 9.59 Å². The minimum absolute atomic E-state index is 0.0851. The Morgan fingerprint density at radius 1 is 1.31 bits per heavy atom. The molecule has 0 aliphatic heterocycles. The fourth-order valence-corrected chi connectivity index (χ4v) is 1.01. The van der Waals surface area contributed by atoms with Gasteiger partial charge in [-0.2, -0.15) is 0 Å². The van der Waals surface area contributed by atoms with Crippen molar-refractivity contribution >= 4 is 11.8 Å². The van der Waals surface area contributed by atoms with Crippen LogP contribution in [0.5, 0.6) is 0 Å². The molecule has 0 aliphatic carbocycles. The number of hydrogen-bond donors (Lipinski definition) is 1. The predicted octanol–water partition coefficient (Wildman–Crippen LogP) is 2.02. The number of carboxylic acids is 1. The van der Waals surface area contributed by atoms with Crippen molar-refractivity contribution in [2.75, 3.05) is 0 Å². The summed E-state index contributed by atoms with van der Waals surface area (Å²) in [5.41, 5.74) is 0.438. The van der Waals surface area contributed by atoms with Crippen LogP contribution in [-0.4, -0.2) is 16.9 Å². The Labute approximate surface area is 78.5 Å². The number of carboxylic acid groups (broad SMARTS) is 1. The molecule has 0 saturated carbocycles. The number of carbonyl (C=O) groups excluding carboxylic acids is 1. The van der Waals surface area contributed by atoms with Gasteiger partial charge in [-0.25, -0.2) is 0 Å². The van der Waals surface area contributed by atoms with Crippen LogP contribution >= 0.6 is 0 Å². The van der Waals surface area contributed by atoms with E-state index in [2.05, 4.69) is 0 Å². The van der Waals surface area contributed by atoms with Crippen LogP contribution in [0.15, 0.2) is 11.6 Å². The molecule has 0 amide bonds. The Kier molecular flexibility index (Phi) is 3.85. The van der Waals surface area contributed by atoms with Crippen molar-refractivity contribution in [3.8, 4) is 0 Å². The zero-order valence-electron chi connectivity index (χ0n) is 8.55. The highest BCUT2D eigenvalue weighted by molar-refractivity contribution is 6.04. The van der Waals surface area contributed by atoms with Crippen LogP contribution in [0.2, 0.25) is 0 Å². The van der Waals surface area contributed by atoms with E-state index in [4.69, 9.17) is 5.11 Å². The molecule has 0 saturated heterocycles. The lowest BCUT2D eigenvalue weighted by Gasteiger charge is -2.13. The molecule has 0 aromatic carbocycles. The van der Waals surface area contributed by atoms with Crippen LogP contribution in [0.25, 0.3) is 0 Å². The Morgan fingerprint density at radius 3 is 2.08 bits per heavy atom. The fourth-order valence-electron chi connectivity index (χ4n) is 1.01. The average Bonchev–Trinajstić information content (AvgIpc) is 1.81. The normalized spacial score (nSPS) is 12.8. The van der Waals surface area contributed by atoms with Gasteiger partial charge in [-0.1, -0.05) is 26.8 Å². The number of Topliss-reactive ketones (excluding diaryl/α,β-unsaturated/α-hetero) is 1. The van der Waals surface area contributed by atoms with Gasteiger partial charge in [-0.05, 0) is 17.9 Å². The highest BCUT2D eigenvalue weighted by atomic mass is 16.4. The van der Waals surface area contributed by atoms with Gasteiger partial charge in [0.1, 0.15) is 6.42 Å². The molecule has 0 aromatic heterocycles. The molecule has 0 fully saturated rings. The molecule has 0 aliphatic rings. The van der Waals surface area contributed by atoms with Gasteiger partial charge in [0.05, 0.1) is 0 Å². The van der Waals surface area contributed by atoms with E-state index in [1.54, 1.807) is 13.0 Å². The van der Waals surface area contributed by atoms with Crippen molar-refractivity contribution < 1.29 is 14.7 Å². The lowest BCUT2D eigenvalue weighted by atomic mass is 9.92. The molecule has 13 heavy (non-hydrogen) atoms. The van der Waals surface area contributed by atoms with E-state index in [1.807, 2.05) is 20.8 Å². The number of ketones is 1. The Morgan fingerprint density at radius 2 is 1.77 bits per heavy atom. The van der Waals surface area contributed by atoms with Crippen LogP contribution in [0.3, 0.4) is 0 Å². The molecule has 0 heterocycles. The number of carbonyl (C=O) groups is 2. The number of aliphatic carboxylic acids is 1. The van der Waals surface area contributed by atoms with E-state index < -0.39 is 12.4 Å². The lowest BCUT2D eigenvalue weighted by Crippen LogP contribution is -2.10. The lowest BCUT2D eigenvalue weighted by molar-refractivity contribution is -0.139. The smallest absolute Gasteiger partial charge is 0.311 e. The molecule has 0 bridgehead atoms. The largest absolute Gasteiger partial charge is 0.481 e. The molecule has 0 unspecified atom stereocenters. The molecule has 0 rings (SSSR count). The predicted molar refractivity (Wildman–Crippen MR) is 50.5 cm³/mol. The van der Waals surface area contributed by atoms with E-state index in [9.17, 15) is 9.59 Å². The SMILES string of the molecule is C/C(=C\C(C)(C)C)C(=O)CC(=O)O. The average molecular weight is 184 g/mol. The summed E-state index contributed by atoms with van der Waals surface area (Å²) in [5.74, 6) is -1.39. The fraction of sp³-hybridized carbons (Fsp3) is 0.600. The monoisotopic (exact) mass is 184 g/mol. The standard InChI is InChI=1S/C10H16O3/c1-7(6-10(2,3)4)8(11)5-9(12)13/h6H,5H2,1-4H3,(H,12,13)/b7-6+. The van der Waals surface area contributed by atoms with Crippen molar-refractivity contribution in [1.29, 1.82) is 0 Å². The van der Waals surface area contributed by atoms with Crippen LogP contribution in [0, 0.1) is 5.41 Å². The number of allylic oxidation sites excluding steroid dienone is 2. The maximum absolute atomic E-state index is 11.2. The third-order valence-electron chi connectivity index (χ3n) is 1.40. The second-order valence-corrected chi connectivity index (χ2v) is 4.19. The summed E-state index contributed by atoms with van der Waals surface area (Å²) >= 11 is 0.